The number of benzene rings is 1. The smallest absolute Gasteiger partial charge is 0.0721 e. The minimum atomic E-state index is -0.307. The molecule has 0 aromatic heterocycles. The van der Waals surface area contributed by atoms with E-state index in [0.29, 0.717) is 6.04 Å². The van der Waals surface area contributed by atoms with Gasteiger partial charge in [-0.3, -0.25) is 0 Å². The Bertz CT molecular complexity index is 344. The molecule has 0 amide bonds. The van der Waals surface area contributed by atoms with E-state index in [9.17, 15) is 5.11 Å². The lowest BCUT2D eigenvalue weighted by Crippen LogP contribution is -2.21. The largest absolute Gasteiger partial charge is 0.389 e. The van der Waals surface area contributed by atoms with Crippen molar-refractivity contribution in [3.63, 3.8) is 0 Å². The normalized spacial score (nSPS) is 14.7. The summed E-state index contributed by atoms with van der Waals surface area (Å²) in [5, 5.41) is 13.1. The molecule has 2 N–H and O–H groups in total. The van der Waals surface area contributed by atoms with Gasteiger partial charge in [0.1, 0.15) is 0 Å². The van der Waals surface area contributed by atoms with Crippen LogP contribution in [0.1, 0.15) is 38.2 Å². The molecular formula is C17H27NO. The molecule has 0 aliphatic rings. The van der Waals surface area contributed by atoms with Gasteiger partial charge in [0.05, 0.1) is 6.10 Å². The van der Waals surface area contributed by atoms with Crippen LogP contribution in [0.5, 0.6) is 0 Å². The first-order valence-corrected chi connectivity index (χ1v) is 7.33. The van der Waals surface area contributed by atoms with Crippen LogP contribution in [0.15, 0.2) is 42.5 Å². The van der Waals surface area contributed by atoms with Crippen molar-refractivity contribution < 1.29 is 5.11 Å². The van der Waals surface area contributed by atoms with Crippen LogP contribution in [0.2, 0.25) is 0 Å². The minimum absolute atomic E-state index is 0.307. The number of aryl methyl sites for hydroxylation is 1. The average molecular weight is 261 g/mol. The van der Waals surface area contributed by atoms with Crippen LogP contribution in [0.25, 0.3) is 0 Å². The lowest BCUT2D eigenvalue weighted by molar-refractivity contribution is 0.208. The van der Waals surface area contributed by atoms with Crippen molar-refractivity contribution in [3.8, 4) is 0 Å². The molecule has 0 saturated heterocycles. The number of nitrogens with one attached hydrogen (secondary N) is 1. The molecule has 19 heavy (non-hydrogen) atoms. The van der Waals surface area contributed by atoms with Gasteiger partial charge < -0.3 is 10.4 Å². The Kier molecular flexibility index (Phi) is 8.19. The number of hydrogen-bond acceptors (Lipinski definition) is 2. The van der Waals surface area contributed by atoms with Crippen molar-refractivity contribution in [2.24, 2.45) is 0 Å². The van der Waals surface area contributed by atoms with Crippen molar-refractivity contribution in [2.45, 2.75) is 51.2 Å². The van der Waals surface area contributed by atoms with Gasteiger partial charge in [0.25, 0.3) is 0 Å². The van der Waals surface area contributed by atoms with E-state index in [2.05, 4.69) is 42.6 Å². The number of aliphatic hydroxyl groups is 1. The topological polar surface area (TPSA) is 32.3 Å². The van der Waals surface area contributed by atoms with Crippen molar-refractivity contribution in [2.75, 3.05) is 7.05 Å². The maximum absolute atomic E-state index is 9.87. The quantitative estimate of drug-likeness (QED) is 0.528. The molecule has 0 heterocycles. The van der Waals surface area contributed by atoms with Crippen LogP contribution in [-0.4, -0.2) is 24.3 Å². The summed E-state index contributed by atoms with van der Waals surface area (Å²) in [6.45, 7) is 2.14. The van der Waals surface area contributed by atoms with E-state index in [1.807, 2.05) is 19.2 Å². The lowest BCUT2D eigenvalue weighted by atomic mass is 10.0. The molecule has 0 spiro atoms. The number of rotatable bonds is 9. The third kappa shape index (κ3) is 7.14. The Hall–Kier alpha value is -1.12. The Balaban J connectivity index is 2.15. The molecule has 0 bridgehead atoms. The maximum atomic E-state index is 9.87. The van der Waals surface area contributed by atoms with Crippen LogP contribution >= 0.6 is 0 Å². The van der Waals surface area contributed by atoms with Gasteiger partial charge in [0, 0.05) is 6.04 Å². The van der Waals surface area contributed by atoms with Crippen LogP contribution in [0.4, 0.5) is 0 Å². The van der Waals surface area contributed by atoms with E-state index in [1.165, 1.54) is 5.56 Å². The molecule has 0 fully saturated rings. The van der Waals surface area contributed by atoms with Crippen molar-refractivity contribution in [1.29, 1.82) is 0 Å². The van der Waals surface area contributed by atoms with Crippen molar-refractivity contribution in [1.82, 2.24) is 5.32 Å². The summed E-state index contributed by atoms with van der Waals surface area (Å²) in [5.74, 6) is 0. The first-order valence-electron chi connectivity index (χ1n) is 7.33. The van der Waals surface area contributed by atoms with Gasteiger partial charge in [0.2, 0.25) is 0 Å². The minimum Gasteiger partial charge on any atom is -0.389 e. The van der Waals surface area contributed by atoms with Crippen LogP contribution in [0, 0.1) is 0 Å². The van der Waals surface area contributed by atoms with Crippen LogP contribution < -0.4 is 5.32 Å². The number of aliphatic hydroxyl groups excluding tert-OH is 1. The summed E-state index contributed by atoms with van der Waals surface area (Å²) >= 11 is 0. The molecule has 1 aromatic rings. The molecule has 106 valence electrons. The van der Waals surface area contributed by atoms with Crippen molar-refractivity contribution in [3.05, 3.63) is 48.0 Å². The molecule has 0 saturated carbocycles. The van der Waals surface area contributed by atoms with Crippen LogP contribution in [0.3, 0.4) is 0 Å². The highest BCUT2D eigenvalue weighted by molar-refractivity contribution is 5.14. The second-order valence-electron chi connectivity index (χ2n) is 4.99. The van der Waals surface area contributed by atoms with E-state index in [4.69, 9.17) is 0 Å². The highest BCUT2D eigenvalue weighted by Crippen LogP contribution is 2.08. The van der Waals surface area contributed by atoms with E-state index in [1.54, 1.807) is 0 Å². The highest BCUT2D eigenvalue weighted by atomic mass is 16.3. The van der Waals surface area contributed by atoms with E-state index in [-0.39, 0.29) is 6.10 Å². The summed E-state index contributed by atoms with van der Waals surface area (Å²) in [5.41, 5.74) is 1.38. The number of hydrogen-bond donors (Lipinski definition) is 2. The Morgan fingerprint density at radius 1 is 1.16 bits per heavy atom. The molecule has 1 rings (SSSR count). The zero-order valence-electron chi connectivity index (χ0n) is 12.2. The van der Waals surface area contributed by atoms with Gasteiger partial charge >= 0.3 is 0 Å². The molecule has 2 nitrogen and oxygen atoms in total. The monoisotopic (exact) mass is 261 g/mol. The molecule has 0 aliphatic carbocycles. The summed E-state index contributed by atoms with van der Waals surface area (Å²) in [4.78, 5) is 0. The molecule has 0 aliphatic heterocycles. The third-order valence-corrected chi connectivity index (χ3v) is 3.43. The summed E-state index contributed by atoms with van der Waals surface area (Å²) < 4.78 is 0. The predicted octanol–water partition coefficient (Wildman–Crippen LogP) is 3.31. The van der Waals surface area contributed by atoms with Gasteiger partial charge in [0.15, 0.2) is 0 Å². The third-order valence-electron chi connectivity index (χ3n) is 3.43. The highest BCUT2D eigenvalue weighted by Gasteiger charge is 2.02. The molecule has 2 heteroatoms. The Morgan fingerprint density at radius 2 is 1.89 bits per heavy atom. The second kappa shape index (κ2) is 9.76. The molecule has 2 unspecified atom stereocenters. The standard InChI is InChI=1S/C17H27NO/c1-3-16(18-2)13-14-17(19)12-8-7-11-15-9-5-4-6-10-15/h4-6,9-10,13-14,16-19H,3,7-8,11-12H2,1-2H3. The maximum Gasteiger partial charge on any atom is 0.0721 e. The Morgan fingerprint density at radius 3 is 2.53 bits per heavy atom. The van der Waals surface area contributed by atoms with Gasteiger partial charge in [-0.05, 0) is 38.3 Å². The fraction of sp³-hybridized carbons (Fsp3) is 0.529. The van der Waals surface area contributed by atoms with Gasteiger partial charge in [-0.2, -0.15) is 0 Å². The summed E-state index contributed by atoms with van der Waals surface area (Å²) in [7, 11) is 1.95. The fourth-order valence-electron chi connectivity index (χ4n) is 2.12. The lowest BCUT2D eigenvalue weighted by Gasteiger charge is -2.10. The number of unbranched alkanes of at least 4 members (excludes halogenated alkanes) is 1. The zero-order valence-corrected chi connectivity index (χ0v) is 12.2. The molecule has 1 aromatic carbocycles. The van der Waals surface area contributed by atoms with Gasteiger partial charge in [-0.1, -0.05) is 55.8 Å². The molecular weight excluding hydrogens is 234 g/mol. The average Bonchev–Trinajstić information content (AvgIpc) is 2.46. The van der Waals surface area contributed by atoms with Crippen molar-refractivity contribution >= 4 is 0 Å². The van der Waals surface area contributed by atoms with E-state index < -0.39 is 0 Å². The van der Waals surface area contributed by atoms with E-state index in [0.717, 1.165) is 32.1 Å². The van der Waals surface area contributed by atoms with Crippen LogP contribution in [-0.2, 0) is 6.42 Å². The van der Waals surface area contributed by atoms with Gasteiger partial charge in [-0.25, -0.2) is 0 Å². The Labute approximate surface area is 117 Å². The zero-order chi connectivity index (χ0) is 13.9. The summed E-state index contributed by atoms with van der Waals surface area (Å²) in [6.07, 6.45) is 8.89. The number of likely N-dealkylation sites (N-methyl/N-ethyl adjacent to an activating group) is 1. The predicted molar refractivity (Wildman–Crippen MR) is 82.3 cm³/mol. The first kappa shape index (κ1) is 15.9. The first-order chi connectivity index (χ1) is 9.26. The summed E-state index contributed by atoms with van der Waals surface area (Å²) in [6, 6.07) is 10.9. The molecule has 0 radical (unpaired) electrons. The molecule has 2 atom stereocenters. The second-order valence-corrected chi connectivity index (χ2v) is 4.99. The fourth-order valence-corrected chi connectivity index (χ4v) is 2.12. The van der Waals surface area contributed by atoms with Gasteiger partial charge in [-0.15, -0.1) is 0 Å². The SMILES string of the molecule is CCC(C=CC(O)CCCCc1ccccc1)NC. The van der Waals surface area contributed by atoms with E-state index >= 15 is 0 Å².